The summed E-state index contributed by atoms with van der Waals surface area (Å²) < 4.78 is 11.5. The van der Waals surface area contributed by atoms with Gasteiger partial charge in [0.15, 0.2) is 21.2 Å². The van der Waals surface area contributed by atoms with Crippen LogP contribution >= 0.6 is 21.2 Å². The fourth-order valence-electron chi connectivity index (χ4n) is 2.46. The zero-order chi connectivity index (χ0) is 12.3. The van der Waals surface area contributed by atoms with Gasteiger partial charge in [-0.2, -0.15) is 0 Å². The average molecular weight is 346 g/mol. The topological polar surface area (TPSA) is 54.4 Å². The maximum Gasteiger partial charge on any atom is 0.336 e. The van der Waals surface area contributed by atoms with Crippen molar-refractivity contribution in [3.63, 3.8) is 0 Å². The molecule has 1 aliphatic rings. The summed E-state index contributed by atoms with van der Waals surface area (Å²) in [4.78, 5) is 11.1. The summed E-state index contributed by atoms with van der Waals surface area (Å²) in [5.41, 5.74) is 1.33. The molecule has 1 aliphatic carbocycles. The molecule has 0 spiro atoms. The second-order valence-corrected chi connectivity index (χ2v) is 6.06. The van der Waals surface area contributed by atoms with Gasteiger partial charge in [-0.1, -0.05) is 25.3 Å². The Morgan fingerprint density at radius 3 is 2.53 bits per heavy atom. The third kappa shape index (κ3) is 2.91. The highest BCUT2D eigenvalue weighted by molar-refractivity contribution is 14.1. The lowest BCUT2D eigenvalue weighted by atomic mass is 9.84. The summed E-state index contributed by atoms with van der Waals surface area (Å²) in [7, 11) is 0. The van der Waals surface area contributed by atoms with E-state index in [1.54, 1.807) is 12.1 Å². The first kappa shape index (κ1) is 12.7. The smallest absolute Gasteiger partial charge is 0.336 e. The number of carboxylic acid groups (broad SMARTS) is 1. The molecule has 0 saturated heterocycles. The van der Waals surface area contributed by atoms with E-state index in [4.69, 9.17) is 5.11 Å². The first-order chi connectivity index (χ1) is 8.22. The fourth-order valence-corrected chi connectivity index (χ4v) is 3.41. The summed E-state index contributed by atoms with van der Waals surface area (Å²) in [5.74, 6) is -0.478. The van der Waals surface area contributed by atoms with E-state index < -0.39 is 27.2 Å². The quantitative estimate of drug-likeness (QED) is 0.844. The van der Waals surface area contributed by atoms with Crippen molar-refractivity contribution in [3.8, 4) is 0 Å². The van der Waals surface area contributed by atoms with Gasteiger partial charge in [0.2, 0.25) is 0 Å². The third-order valence-corrected chi connectivity index (χ3v) is 4.80. The summed E-state index contributed by atoms with van der Waals surface area (Å²) in [5, 5.41) is 9.10. The van der Waals surface area contributed by atoms with Gasteiger partial charge >= 0.3 is 5.97 Å². The lowest BCUT2D eigenvalue weighted by molar-refractivity contribution is 0.0695. The Labute approximate surface area is 111 Å². The molecule has 92 valence electrons. The van der Waals surface area contributed by atoms with Gasteiger partial charge in [-0.25, -0.2) is 4.79 Å². The van der Waals surface area contributed by atoms with Crippen LogP contribution in [-0.2, 0) is 3.07 Å². The molecule has 1 aromatic carbocycles. The van der Waals surface area contributed by atoms with Crippen molar-refractivity contribution < 1.29 is 13.0 Å². The molecule has 0 heterocycles. The SMILES string of the molecule is O=Ic1ccc(C2CCCCC2)cc1C(=O)O. The Bertz CT molecular complexity index is 436. The maximum atomic E-state index is 11.1. The minimum atomic E-state index is -1.41. The van der Waals surface area contributed by atoms with Crippen molar-refractivity contribution >= 4 is 27.2 Å². The average Bonchev–Trinajstić information content (AvgIpc) is 2.39. The Balaban J connectivity index is 2.32. The van der Waals surface area contributed by atoms with Gasteiger partial charge in [0.25, 0.3) is 0 Å². The first-order valence-electron chi connectivity index (χ1n) is 5.86. The zero-order valence-corrected chi connectivity index (χ0v) is 11.6. The molecular formula is C13H15IO3. The van der Waals surface area contributed by atoms with Gasteiger partial charge in [0, 0.05) is 0 Å². The van der Waals surface area contributed by atoms with Crippen LogP contribution in [0.1, 0.15) is 53.9 Å². The van der Waals surface area contributed by atoms with Crippen LogP contribution in [0.25, 0.3) is 0 Å². The molecule has 0 aliphatic heterocycles. The van der Waals surface area contributed by atoms with E-state index in [1.165, 1.54) is 19.3 Å². The van der Waals surface area contributed by atoms with E-state index in [9.17, 15) is 7.86 Å². The van der Waals surface area contributed by atoms with E-state index in [2.05, 4.69) is 0 Å². The van der Waals surface area contributed by atoms with Crippen LogP contribution in [0.3, 0.4) is 0 Å². The molecule has 0 bridgehead atoms. The van der Waals surface area contributed by atoms with Crippen LogP contribution in [0.15, 0.2) is 18.2 Å². The summed E-state index contributed by atoms with van der Waals surface area (Å²) >= 11 is -1.41. The van der Waals surface area contributed by atoms with E-state index in [0.717, 1.165) is 18.4 Å². The molecule has 2 rings (SSSR count). The maximum absolute atomic E-state index is 11.1. The van der Waals surface area contributed by atoms with Crippen LogP contribution in [0.4, 0.5) is 0 Å². The number of halogens is 1. The Morgan fingerprint density at radius 1 is 1.24 bits per heavy atom. The Morgan fingerprint density at radius 2 is 1.94 bits per heavy atom. The molecule has 0 unspecified atom stereocenters. The normalized spacial score (nSPS) is 16.9. The van der Waals surface area contributed by atoms with Gasteiger partial charge < -0.3 is 5.11 Å². The minimum absolute atomic E-state index is 0.232. The highest BCUT2D eigenvalue weighted by Crippen LogP contribution is 2.33. The molecule has 0 aromatic heterocycles. The van der Waals surface area contributed by atoms with Crippen LogP contribution in [-0.4, -0.2) is 11.1 Å². The molecule has 0 amide bonds. The Hall–Kier alpha value is -0.780. The third-order valence-electron chi connectivity index (χ3n) is 3.38. The van der Waals surface area contributed by atoms with Crippen molar-refractivity contribution in [3.05, 3.63) is 32.9 Å². The number of hydrogen-bond acceptors (Lipinski definition) is 2. The largest absolute Gasteiger partial charge is 0.478 e. The first-order valence-corrected chi connectivity index (χ1v) is 7.82. The van der Waals surface area contributed by atoms with Gasteiger partial charge in [-0.15, -0.1) is 0 Å². The second-order valence-electron chi connectivity index (χ2n) is 4.46. The van der Waals surface area contributed by atoms with Crippen molar-refractivity contribution in [1.29, 1.82) is 0 Å². The molecule has 1 saturated carbocycles. The molecule has 1 aromatic rings. The molecule has 3 nitrogen and oxygen atoms in total. The summed E-state index contributed by atoms with van der Waals surface area (Å²) in [6.07, 6.45) is 6.02. The molecular weight excluding hydrogens is 331 g/mol. The van der Waals surface area contributed by atoms with Crippen LogP contribution in [0.2, 0.25) is 0 Å². The van der Waals surface area contributed by atoms with Crippen molar-refractivity contribution in [2.24, 2.45) is 0 Å². The van der Waals surface area contributed by atoms with Gasteiger partial charge in [0.1, 0.15) is 0 Å². The number of carbonyl (C=O) groups is 1. The summed E-state index contributed by atoms with van der Waals surface area (Å²) in [6, 6.07) is 5.41. The van der Waals surface area contributed by atoms with Crippen molar-refractivity contribution in [2.45, 2.75) is 38.0 Å². The molecule has 1 fully saturated rings. The molecule has 0 radical (unpaired) electrons. The lowest BCUT2D eigenvalue weighted by Crippen LogP contribution is -2.07. The molecule has 4 heteroatoms. The fraction of sp³-hybridized carbons (Fsp3) is 0.462. The zero-order valence-electron chi connectivity index (χ0n) is 9.49. The number of carboxylic acids is 1. The van der Waals surface area contributed by atoms with Gasteiger partial charge in [-0.3, -0.25) is 3.07 Å². The molecule has 0 atom stereocenters. The van der Waals surface area contributed by atoms with E-state index in [-0.39, 0.29) is 5.56 Å². The Kier molecular flexibility index (Phi) is 4.25. The lowest BCUT2D eigenvalue weighted by Gasteiger charge is -2.22. The standard InChI is InChI=1S/C13H15IO3/c15-13(16)11-8-10(6-7-12(11)14-17)9-4-2-1-3-5-9/h6-9H,1-5H2,(H,15,16). The summed E-state index contributed by atoms with van der Waals surface area (Å²) in [6.45, 7) is 0. The predicted molar refractivity (Wildman–Crippen MR) is 72.6 cm³/mol. The highest BCUT2D eigenvalue weighted by Gasteiger charge is 2.18. The van der Waals surface area contributed by atoms with E-state index in [1.807, 2.05) is 6.07 Å². The highest BCUT2D eigenvalue weighted by atomic mass is 127. The number of rotatable bonds is 3. The van der Waals surface area contributed by atoms with Crippen LogP contribution in [0.5, 0.6) is 0 Å². The van der Waals surface area contributed by atoms with Crippen molar-refractivity contribution in [2.75, 3.05) is 0 Å². The second kappa shape index (κ2) is 5.71. The van der Waals surface area contributed by atoms with Crippen LogP contribution < -0.4 is 0 Å². The van der Waals surface area contributed by atoms with Crippen LogP contribution in [0, 0.1) is 3.57 Å². The predicted octanol–water partition coefficient (Wildman–Crippen LogP) is 3.92. The monoisotopic (exact) mass is 346 g/mol. The van der Waals surface area contributed by atoms with Gasteiger partial charge in [0.05, 0.1) is 9.13 Å². The van der Waals surface area contributed by atoms with Gasteiger partial charge in [-0.05, 0) is 36.5 Å². The van der Waals surface area contributed by atoms with E-state index in [0.29, 0.717) is 9.49 Å². The number of aromatic carboxylic acids is 1. The number of hydrogen-bond donors (Lipinski definition) is 1. The van der Waals surface area contributed by atoms with Crippen molar-refractivity contribution in [1.82, 2.24) is 0 Å². The van der Waals surface area contributed by atoms with E-state index >= 15 is 0 Å². The molecule has 1 N–H and O–H groups in total. The molecule has 17 heavy (non-hydrogen) atoms. The minimum Gasteiger partial charge on any atom is -0.478 e. The number of benzene rings is 1.